The van der Waals surface area contributed by atoms with E-state index in [0.29, 0.717) is 23.5 Å². The summed E-state index contributed by atoms with van der Waals surface area (Å²) in [5, 5.41) is 11.2. The van der Waals surface area contributed by atoms with Gasteiger partial charge in [0.05, 0.1) is 6.54 Å². The number of benzene rings is 1. The van der Waals surface area contributed by atoms with Gasteiger partial charge in [-0.1, -0.05) is 34.9 Å². The van der Waals surface area contributed by atoms with Gasteiger partial charge >= 0.3 is 6.01 Å². The summed E-state index contributed by atoms with van der Waals surface area (Å²) in [5.41, 5.74) is 6.32. The van der Waals surface area contributed by atoms with Gasteiger partial charge in [-0.3, -0.25) is 0 Å². The molecule has 0 bridgehead atoms. The van der Waals surface area contributed by atoms with E-state index in [2.05, 4.69) is 15.5 Å². The zero-order valence-electron chi connectivity index (χ0n) is 8.48. The second kappa shape index (κ2) is 4.96. The van der Waals surface area contributed by atoms with Crippen molar-refractivity contribution < 1.29 is 4.42 Å². The highest BCUT2D eigenvalue weighted by atomic mass is 35.5. The molecule has 2 rings (SSSR count). The molecule has 16 heavy (non-hydrogen) atoms. The van der Waals surface area contributed by atoms with Crippen LogP contribution in [-0.4, -0.2) is 10.2 Å². The summed E-state index contributed by atoms with van der Waals surface area (Å²) >= 11 is 6.00. The maximum Gasteiger partial charge on any atom is 0.315 e. The van der Waals surface area contributed by atoms with Crippen molar-refractivity contribution in [2.45, 2.75) is 13.1 Å². The van der Waals surface area contributed by atoms with E-state index in [1.807, 2.05) is 24.3 Å². The van der Waals surface area contributed by atoms with Gasteiger partial charge in [-0.15, -0.1) is 5.10 Å². The predicted octanol–water partition coefficient (Wildman–Crippen LogP) is 1.79. The predicted molar refractivity (Wildman–Crippen MR) is 61.0 cm³/mol. The minimum Gasteiger partial charge on any atom is -0.407 e. The Bertz CT molecular complexity index is 471. The van der Waals surface area contributed by atoms with Crippen molar-refractivity contribution in [1.82, 2.24) is 10.2 Å². The van der Waals surface area contributed by atoms with E-state index in [4.69, 9.17) is 21.8 Å². The number of anilines is 1. The number of nitrogens with zero attached hydrogens (tertiary/aromatic N) is 2. The van der Waals surface area contributed by atoms with E-state index in [1.54, 1.807) is 0 Å². The molecule has 0 fully saturated rings. The Morgan fingerprint density at radius 1 is 1.31 bits per heavy atom. The molecule has 0 unspecified atom stereocenters. The molecule has 5 nitrogen and oxygen atoms in total. The smallest absolute Gasteiger partial charge is 0.315 e. The SMILES string of the molecule is NCc1nnc(NCc2ccccc2Cl)o1. The molecule has 0 amide bonds. The lowest BCUT2D eigenvalue weighted by atomic mass is 10.2. The number of nitrogens with two attached hydrogens (primary N) is 1. The normalized spacial score (nSPS) is 10.4. The van der Waals surface area contributed by atoms with Crippen molar-refractivity contribution in [2.24, 2.45) is 5.73 Å². The Kier molecular flexibility index (Phi) is 3.38. The average molecular weight is 239 g/mol. The number of nitrogens with one attached hydrogen (secondary N) is 1. The fourth-order valence-electron chi connectivity index (χ4n) is 1.22. The first-order chi connectivity index (χ1) is 7.79. The van der Waals surface area contributed by atoms with Crippen LogP contribution >= 0.6 is 11.6 Å². The number of hydrogen-bond acceptors (Lipinski definition) is 5. The Morgan fingerprint density at radius 2 is 2.12 bits per heavy atom. The fraction of sp³-hybridized carbons (Fsp3) is 0.200. The second-order valence-electron chi connectivity index (χ2n) is 3.15. The molecule has 0 spiro atoms. The Morgan fingerprint density at radius 3 is 2.81 bits per heavy atom. The van der Waals surface area contributed by atoms with Gasteiger partial charge in [0.1, 0.15) is 0 Å². The largest absolute Gasteiger partial charge is 0.407 e. The molecule has 0 aliphatic rings. The number of aromatic nitrogens is 2. The second-order valence-corrected chi connectivity index (χ2v) is 3.56. The molecule has 6 heteroatoms. The minimum absolute atomic E-state index is 0.237. The third-order valence-corrected chi connectivity index (χ3v) is 2.40. The molecule has 3 N–H and O–H groups in total. The van der Waals surface area contributed by atoms with Crippen LogP contribution in [0.1, 0.15) is 11.5 Å². The zero-order chi connectivity index (χ0) is 11.4. The summed E-state index contributed by atoms with van der Waals surface area (Å²) < 4.78 is 5.19. The maximum absolute atomic E-state index is 6.00. The number of halogens is 1. The summed E-state index contributed by atoms with van der Waals surface area (Å²) in [6.45, 7) is 0.770. The molecule has 2 aromatic rings. The molecule has 0 atom stereocenters. The van der Waals surface area contributed by atoms with E-state index < -0.39 is 0 Å². The molecular formula is C10H11ClN4O. The molecule has 0 aliphatic heterocycles. The van der Waals surface area contributed by atoms with Crippen LogP contribution < -0.4 is 11.1 Å². The van der Waals surface area contributed by atoms with Gasteiger partial charge in [0.2, 0.25) is 5.89 Å². The van der Waals surface area contributed by atoms with Crippen molar-refractivity contribution in [2.75, 3.05) is 5.32 Å². The molecule has 1 heterocycles. The van der Waals surface area contributed by atoms with E-state index in [9.17, 15) is 0 Å². The van der Waals surface area contributed by atoms with Gasteiger partial charge in [0.25, 0.3) is 0 Å². The van der Waals surface area contributed by atoms with Gasteiger partial charge in [-0.2, -0.15) is 0 Å². The van der Waals surface area contributed by atoms with Crippen molar-refractivity contribution in [1.29, 1.82) is 0 Å². The van der Waals surface area contributed by atoms with Crippen LogP contribution in [0.2, 0.25) is 5.02 Å². The van der Waals surface area contributed by atoms with Gasteiger partial charge in [-0.25, -0.2) is 0 Å². The third-order valence-electron chi connectivity index (χ3n) is 2.03. The first-order valence-electron chi connectivity index (χ1n) is 4.79. The van der Waals surface area contributed by atoms with E-state index in [1.165, 1.54) is 0 Å². The standard InChI is InChI=1S/C10H11ClN4O/c11-8-4-2-1-3-7(8)6-13-10-15-14-9(5-12)16-10/h1-4H,5-6,12H2,(H,13,15). The third kappa shape index (κ3) is 2.50. The first kappa shape index (κ1) is 10.9. The van der Waals surface area contributed by atoms with Crippen LogP contribution in [0, 0.1) is 0 Å². The summed E-state index contributed by atoms with van der Waals surface area (Å²) in [6.07, 6.45) is 0. The molecule has 0 radical (unpaired) electrons. The monoisotopic (exact) mass is 238 g/mol. The fourth-order valence-corrected chi connectivity index (χ4v) is 1.42. The highest BCUT2D eigenvalue weighted by Crippen LogP contribution is 2.16. The topological polar surface area (TPSA) is 77.0 Å². The molecular weight excluding hydrogens is 228 g/mol. The van der Waals surface area contributed by atoms with Crippen LogP contribution in [-0.2, 0) is 13.1 Å². The molecule has 1 aromatic carbocycles. The van der Waals surface area contributed by atoms with Gasteiger partial charge in [0.15, 0.2) is 0 Å². The lowest BCUT2D eigenvalue weighted by Crippen LogP contribution is -2.00. The number of rotatable bonds is 4. The number of hydrogen-bond donors (Lipinski definition) is 2. The summed E-state index contributed by atoms with van der Waals surface area (Å²) in [6, 6.07) is 7.90. The Hall–Kier alpha value is -1.59. The van der Waals surface area contributed by atoms with E-state index in [-0.39, 0.29) is 6.54 Å². The first-order valence-corrected chi connectivity index (χ1v) is 5.17. The zero-order valence-corrected chi connectivity index (χ0v) is 9.24. The molecule has 0 saturated heterocycles. The summed E-state index contributed by atoms with van der Waals surface area (Å²) in [5.74, 6) is 0.404. The van der Waals surface area contributed by atoms with Crippen LogP contribution in [0.3, 0.4) is 0 Å². The lowest BCUT2D eigenvalue weighted by Gasteiger charge is -2.03. The minimum atomic E-state index is 0.237. The summed E-state index contributed by atoms with van der Waals surface area (Å²) in [7, 11) is 0. The van der Waals surface area contributed by atoms with Crippen molar-refractivity contribution >= 4 is 17.6 Å². The van der Waals surface area contributed by atoms with Crippen LogP contribution in [0.4, 0.5) is 6.01 Å². The maximum atomic E-state index is 6.00. The molecule has 0 aliphatic carbocycles. The lowest BCUT2D eigenvalue weighted by molar-refractivity contribution is 0.507. The van der Waals surface area contributed by atoms with Crippen LogP contribution in [0.15, 0.2) is 28.7 Å². The van der Waals surface area contributed by atoms with Gasteiger partial charge < -0.3 is 15.5 Å². The quantitative estimate of drug-likeness (QED) is 0.849. The van der Waals surface area contributed by atoms with E-state index >= 15 is 0 Å². The van der Waals surface area contributed by atoms with Gasteiger partial charge in [-0.05, 0) is 11.6 Å². The van der Waals surface area contributed by atoms with Crippen LogP contribution in [0.5, 0.6) is 0 Å². The molecule has 0 saturated carbocycles. The Balaban J connectivity index is 1.99. The van der Waals surface area contributed by atoms with Crippen LogP contribution in [0.25, 0.3) is 0 Å². The van der Waals surface area contributed by atoms with Gasteiger partial charge in [0, 0.05) is 11.6 Å². The van der Waals surface area contributed by atoms with Crippen molar-refractivity contribution in [3.8, 4) is 0 Å². The highest BCUT2D eigenvalue weighted by molar-refractivity contribution is 6.31. The Labute approximate surface area is 97.6 Å². The average Bonchev–Trinajstić information content (AvgIpc) is 2.76. The molecule has 1 aromatic heterocycles. The van der Waals surface area contributed by atoms with Crippen molar-refractivity contribution in [3.05, 3.63) is 40.7 Å². The van der Waals surface area contributed by atoms with E-state index in [0.717, 1.165) is 5.56 Å². The highest BCUT2D eigenvalue weighted by Gasteiger charge is 2.04. The summed E-state index contributed by atoms with van der Waals surface area (Å²) in [4.78, 5) is 0. The van der Waals surface area contributed by atoms with Crippen molar-refractivity contribution in [3.63, 3.8) is 0 Å². The molecule has 84 valence electrons.